The van der Waals surface area contributed by atoms with Gasteiger partial charge in [0.05, 0.1) is 17.9 Å². The van der Waals surface area contributed by atoms with Gasteiger partial charge in [0.2, 0.25) is 0 Å². The molecule has 0 spiro atoms. The number of aromatic nitrogens is 3. The average molecular weight is 257 g/mol. The van der Waals surface area contributed by atoms with Crippen molar-refractivity contribution in [1.29, 1.82) is 0 Å². The van der Waals surface area contributed by atoms with E-state index in [-0.39, 0.29) is 0 Å². The lowest BCUT2D eigenvalue weighted by Gasteiger charge is -2.31. The van der Waals surface area contributed by atoms with Crippen molar-refractivity contribution < 1.29 is 0 Å². The fourth-order valence-corrected chi connectivity index (χ4v) is 2.50. The monoisotopic (exact) mass is 257 g/mol. The van der Waals surface area contributed by atoms with E-state index in [1.54, 1.807) is 6.33 Å². The molecule has 0 bridgehead atoms. The van der Waals surface area contributed by atoms with Crippen molar-refractivity contribution in [2.24, 2.45) is 0 Å². The van der Waals surface area contributed by atoms with Gasteiger partial charge in [-0.2, -0.15) is 5.10 Å². The van der Waals surface area contributed by atoms with Gasteiger partial charge in [0.1, 0.15) is 12.2 Å². The second kappa shape index (κ2) is 4.91. The molecule has 0 aliphatic carbocycles. The van der Waals surface area contributed by atoms with E-state index in [0.717, 1.165) is 25.5 Å². The molecule has 5 nitrogen and oxygen atoms in total. The molecular weight excluding hydrogens is 238 g/mol. The highest BCUT2D eigenvalue weighted by atomic mass is 15.4. The zero-order chi connectivity index (χ0) is 13.2. The Bertz CT molecular complexity index is 560. The molecule has 19 heavy (non-hydrogen) atoms. The predicted molar refractivity (Wildman–Crippen MR) is 76.4 cm³/mol. The molecule has 0 atom stereocenters. The Morgan fingerprint density at radius 1 is 1.32 bits per heavy atom. The van der Waals surface area contributed by atoms with E-state index in [4.69, 9.17) is 0 Å². The van der Waals surface area contributed by atoms with Gasteiger partial charge < -0.3 is 10.2 Å². The van der Waals surface area contributed by atoms with Crippen molar-refractivity contribution in [3.8, 4) is 0 Å². The van der Waals surface area contributed by atoms with Crippen LogP contribution in [0.25, 0.3) is 0 Å². The number of anilines is 2. The van der Waals surface area contributed by atoms with Gasteiger partial charge in [-0.25, -0.2) is 9.67 Å². The third kappa shape index (κ3) is 2.28. The quantitative estimate of drug-likeness (QED) is 0.916. The molecule has 1 aliphatic rings. The summed E-state index contributed by atoms with van der Waals surface area (Å²) in [6, 6.07) is 8.75. The molecule has 0 amide bonds. The molecule has 0 fully saturated rings. The van der Waals surface area contributed by atoms with Crippen LogP contribution in [0.3, 0.4) is 0 Å². The maximum Gasteiger partial charge on any atom is 0.146 e. The summed E-state index contributed by atoms with van der Waals surface area (Å²) >= 11 is 0. The number of benzene rings is 1. The third-order valence-electron chi connectivity index (χ3n) is 3.41. The number of hydrogen-bond donors (Lipinski definition) is 1. The van der Waals surface area contributed by atoms with Crippen LogP contribution >= 0.6 is 0 Å². The number of rotatable bonds is 3. The maximum atomic E-state index is 4.39. The minimum atomic E-state index is 0.343. The van der Waals surface area contributed by atoms with E-state index in [9.17, 15) is 0 Å². The van der Waals surface area contributed by atoms with E-state index in [1.165, 1.54) is 11.4 Å². The number of nitrogens with zero attached hydrogens (tertiary/aromatic N) is 4. The van der Waals surface area contributed by atoms with E-state index in [1.807, 2.05) is 4.68 Å². The van der Waals surface area contributed by atoms with Crippen LogP contribution in [0, 0.1) is 0 Å². The van der Waals surface area contributed by atoms with Crippen molar-refractivity contribution in [2.75, 3.05) is 23.3 Å². The minimum Gasteiger partial charge on any atom is -0.382 e. The molecule has 1 aliphatic heterocycles. The second-order valence-electron chi connectivity index (χ2n) is 5.08. The van der Waals surface area contributed by atoms with Gasteiger partial charge in [-0.05, 0) is 26.0 Å². The fourth-order valence-electron chi connectivity index (χ4n) is 2.50. The first-order valence-corrected chi connectivity index (χ1v) is 6.72. The minimum absolute atomic E-state index is 0.343. The van der Waals surface area contributed by atoms with Gasteiger partial charge in [0, 0.05) is 19.1 Å². The Morgan fingerprint density at radius 2 is 2.16 bits per heavy atom. The summed E-state index contributed by atoms with van der Waals surface area (Å²) in [7, 11) is 0. The summed E-state index contributed by atoms with van der Waals surface area (Å²) in [5.41, 5.74) is 2.44. The smallest absolute Gasteiger partial charge is 0.146 e. The summed E-state index contributed by atoms with van der Waals surface area (Å²) in [5, 5.41) is 7.73. The molecule has 2 heterocycles. The second-order valence-corrected chi connectivity index (χ2v) is 5.08. The summed E-state index contributed by atoms with van der Waals surface area (Å²) in [5.74, 6) is 1.02. The first-order chi connectivity index (χ1) is 9.25. The summed E-state index contributed by atoms with van der Waals surface area (Å²) < 4.78 is 1.99. The molecule has 1 aromatic carbocycles. The molecule has 100 valence electrons. The predicted octanol–water partition coefficient (Wildman–Crippen LogP) is 2.29. The molecule has 3 rings (SSSR count). The van der Waals surface area contributed by atoms with Gasteiger partial charge in [-0.15, -0.1) is 0 Å². The van der Waals surface area contributed by atoms with E-state index in [2.05, 4.69) is 58.4 Å². The van der Waals surface area contributed by atoms with Crippen molar-refractivity contribution >= 4 is 11.4 Å². The highest BCUT2D eigenvalue weighted by Crippen LogP contribution is 2.29. The van der Waals surface area contributed by atoms with Crippen LogP contribution in [-0.2, 0) is 6.54 Å². The highest BCUT2D eigenvalue weighted by Gasteiger charge is 2.18. The summed E-state index contributed by atoms with van der Waals surface area (Å²) in [6.45, 7) is 7.01. The Hall–Kier alpha value is -2.04. The lowest BCUT2D eigenvalue weighted by Crippen LogP contribution is -2.34. The third-order valence-corrected chi connectivity index (χ3v) is 3.41. The van der Waals surface area contributed by atoms with Crippen LogP contribution < -0.4 is 10.2 Å². The van der Waals surface area contributed by atoms with Crippen LogP contribution in [0.4, 0.5) is 11.4 Å². The molecule has 2 aromatic rings. The van der Waals surface area contributed by atoms with Gasteiger partial charge >= 0.3 is 0 Å². The molecule has 5 heteroatoms. The van der Waals surface area contributed by atoms with Crippen molar-refractivity contribution in [3.05, 3.63) is 36.4 Å². The van der Waals surface area contributed by atoms with Crippen LogP contribution in [-0.4, -0.2) is 27.9 Å². The van der Waals surface area contributed by atoms with Gasteiger partial charge in [0.15, 0.2) is 0 Å². The fraction of sp³-hybridized carbons (Fsp3) is 0.429. The first-order valence-electron chi connectivity index (χ1n) is 6.72. The topological polar surface area (TPSA) is 46.0 Å². The molecule has 1 aromatic heterocycles. The Labute approximate surface area is 113 Å². The molecule has 0 radical (unpaired) electrons. The van der Waals surface area contributed by atoms with Crippen molar-refractivity contribution in [3.63, 3.8) is 0 Å². The van der Waals surface area contributed by atoms with Crippen molar-refractivity contribution in [2.45, 2.75) is 26.4 Å². The first kappa shape index (κ1) is 12.0. The standard InChI is InChI=1S/C14H19N5/c1-11(2)19-14(16-10-17-19)9-18-8-7-15-12-5-3-4-6-13(12)18/h3-6,10-11,15H,7-9H2,1-2H3. The van der Waals surface area contributed by atoms with E-state index >= 15 is 0 Å². The number of hydrogen-bond acceptors (Lipinski definition) is 4. The molecule has 0 saturated carbocycles. The molecule has 0 unspecified atom stereocenters. The SMILES string of the molecule is CC(C)n1ncnc1CN1CCNc2ccccc21. The zero-order valence-corrected chi connectivity index (χ0v) is 11.4. The maximum absolute atomic E-state index is 4.39. The summed E-state index contributed by atoms with van der Waals surface area (Å²) in [4.78, 5) is 6.75. The average Bonchev–Trinajstić information content (AvgIpc) is 2.87. The highest BCUT2D eigenvalue weighted by molar-refractivity contribution is 5.71. The van der Waals surface area contributed by atoms with Gasteiger partial charge in [0.25, 0.3) is 0 Å². The molecular formula is C14H19N5. The van der Waals surface area contributed by atoms with Crippen molar-refractivity contribution in [1.82, 2.24) is 14.8 Å². The Kier molecular flexibility index (Phi) is 3.11. The van der Waals surface area contributed by atoms with Gasteiger partial charge in [-0.1, -0.05) is 12.1 Å². The Balaban J connectivity index is 1.87. The summed E-state index contributed by atoms with van der Waals surface area (Å²) in [6.07, 6.45) is 1.64. The number of nitrogens with one attached hydrogen (secondary N) is 1. The lowest BCUT2D eigenvalue weighted by molar-refractivity contribution is 0.501. The normalized spacial score (nSPS) is 14.4. The number of para-hydroxylation sites is 2. The molecule has 1 N–H and O–H groups in total. The largest absolute Gasteiger partial charge is 0.382 e. The van der Waals surface area contributed by atoms with E-state index < -0.39 is 0 Å². The van der Waals surface area contributed by atoms with Crippen LogP contribution in [0.2, 0.25) is 0 Å². The molecule has 0 saturated heterocycles. The van der Waals surface area contributed by atoms with Gasteiger partial charge in [-0.3, -0.25) is 0 Å². The lowest BCUT2D eigenvalue weighted by atomic mass is 10.2. The zero-order valence-electron chi connectivity index (χ0n) is 11.4. The van der Waals surface area contributed by atoms with Crippen LogP contribution in [0.15, 0.2) is 30.6 Å². The van der Waals surface area contributed by atoms with E-state index in [0.29, 0.717) is 6.04 Å². The van der Waals surface area contributed by atoms with Crippen LogP contribution in [0.1, 0.15) is 25.7 Å². The Morgan fingerprint density at radius 3 is 3.00 bits per heavy atom. The number of fused-ring (bicyclic) bond motifs is 1. The van der Waals surface area contributed by atoms with Crippen LogP contribution in [0.5, 0.6) is 0 Å².